The maximum atomic E-state index is 12.0. The van der Waals surface area contributed by atoms with E-state index in [9.17, 15) is 4.79 Å². The second-order valence-electron chi connectivity index (χ2n) is 5.68. The molecule has 0 saturated carbocycles. The molecular formula is C13H27ClN2O. The van der Waals surface area contributed by atoms with E-state index in [4.69, 9.17) is 5.73 Å². The second kappa shape index (κ2) is 7.22. The number of rotatable bonds is 3. The van der Waals surface area contributed by atoms with E-state index in [0.717, 1.165) is 37.8 Å². The fourth-order valence-corrected chi connectivity index (χ4v) is 2.28. The van der Waals surface area contributed by atoms with E-state index in [2.05, 4.69) is 13.8 Å². The molecule has 4 heteroatoms. The van der Waals surface area contributed by atoms with E-state index >= 15 is 0 Å². The average Bonchev–Trinajstić information content (AvgIpc) is 2.27. The lowest BCUT2D eigenvalue weighted by atomic mass is 9.86. The lowest BCUT2D eigenvalue weighted by molar-refractivity contribution is -0.135. The van der Waals surface area contributed by atoms with Gasteiger partial charge in [0.05, 0.1) is 6.04 Å². The first-order valence-corrected chi connectivity index (χ1v) is 6.47. The Balaban J connectivity index is 0.00000256. The molecule has 1 fully saturated rings. The quantitative estimate of drug-likeness (QED) is 0.848. The molecule has 0 radical (unpaired) electrons. The maximum absolute atomic E-state index is 12.0. The summed E-state index contributed by atoms with van der Waals surface area (Å²) >= 11 is 0. The van der Waals surface area contributed by atoms with E-state index in [1.54, 1.807) is 0 Å². The van der Waals surface area contributed by atoms with Gasteiger partial charge in [-0.05, 0) is 30.6 Å². The zero-order valence-electron chi connectivity index (χ0n) is 11.5. The monoisotopic (exact) mass is 262 g/mol. The molecule has 1 atom stereocenters. The van der Waals surface area contributed by atoms with E-state index in [0.29, 0.717) is 0 Å². The van der Waals surface area contributed by atoms with Crippen molar-refractivity contribution in [3.05, 3.63) is 0 Å². The Morgan fingerprint density at radius 3 is 2.00 bits per heavy atom. The molecule has 102 valence electrons. The zero-order valence-corrected chi connectivity index (χ0v) is 12.3. The highest BCUT2D eigenvalue weighted by Gasteiger charge is 2.28. The smallest absolute Gasteiger partial charge is 0.239 e. The van der Waals surface area contributed by atoms with Crippen LogP contribution >= 0.6 is 12.4 Å². The van der Waals surface area contributed by atoms with Crippen LogP contribution in [-0.2, 0) is 4.79 Å². The Morgan fingerprint density at radius 1 is 1.18 bits per heavy atom. The molecule has 1 heterocycles. The summed E-state index contributed by atoms with van der Waals surface area (Å²) in [6.45, 7) is 10.3. The molecule has 0 aliphatic carbocycles. The zero-order chi connectivity index (χ0) is 12.3. The van der Waals surface area contributed by atoms with Gasteiger partial charge in [0.1, 0.15) is 0 Å². The van der Waals surface area contributed by atoms with Crippen LogP contribution in [0.15, 0.2) is 0 Å². The molecule has 0 spiro atoms. The van der Waals surface area contributed by atoms with Gasteiger partial charge in [0.2, 0.25) is 5.91 Å². The number of carbonyl (C=O) groups excluding carboxylic acids is 1. The van der Waals surface area contributed by atoms with Gasteiger partial charge in [0, 0.05) is 13.1 Å². The topological polar surface area (TPSA) is 46.3 Å². The number of amides is 1. The third-order valence-electron chi connectivity index (χ3n) is 3.80. The summed E-state index contributed by atoms with van der Waals surface area (Å²) in [6, 6.07) is -0.324. The number of hydrogen-bond donors (Lipinski definition) is 1. The predicted octanol–water partition coefficient (Wildman–Crippen LogP) is 2.29. The predicted molar refractivity (Wildman–Crippen MR) is 74.2 cm³/mol. The molecule has 0 aromatic rings. The Kier molecular flexibility index (Phi) is 7.10. The van der Waals surface area contributed by atoms with E-state index in [1.165, 1.54) is 0 Å². The molecule has 1 amide bonds. The fourth-order valence-electron chi connectivity index (χ4n) is 2.28. The summed E-state index contributed by atoms with van der Waals surface area (Å²) in [5, 5.41) is 0. The Labute approximate surface area is 112 Å². The molecule has 3 nitrogen and oxygen atoms in total. The first-order valence-electron chi connectivity index (χ1n) is 6.47. The van der Waals surface area contributed by atoms with Crippen molar-refractivity contribution in [3.63, 3.8) is 0 Å². The van der Waals surface area contributed by atoms with Crippen molar-refractivity contribution < 1.29 is 4.79 Å². The van der Waals surface area contributed by atoms with Crippen LogP contribution in [0, 0.1) is 17.8 Å². The van der Waals surface area contributed by atoms with Crippen LogP contribution in [0.5, 0.6) is 0 Å². The van der Waals surface area contributed by atoms with Crippen molar-refractivity contribution in [1.29, 1.82) is 0 Å². The first-order chi connectivity index (χ1) is 7.43. The minimum Gasteiger partial charge on any atom is -0.341 e. The Bertz CT molecular complexity index is 236. The van der Waals surface area contributed by atoms with Crippen molar-refractivity contribution in [2.24, 2.45) is 23.5 Å². The minimum atomic E-state index is -0.324. The van der Waals surface area contributed by atoms with Crippen LogP contribution in [0.2, 0.25) is 0 Å². The van der Waals surface area contributed by atoms with E-state index in [1.807, 2.05) is 18.7 Å². The standard InChI is InChI=1S/C13H26N2O.ClH/c1-9(2)11-5-7-15(8-6-11)13(16)12(14)10(3)4;/h9-12H,5-8,14H2,1-4H3;1H. The van der Waals surface area contributed by atoms with Gasteiger partial charge in [-0.1, -0.05) is 27.7 Å². The van der Waals surface area contributed by atoms with Gasteiger partial charge in [-0.15, -0.1) is 12.4 Å². The number of nitrogens with two attached hydrogens (primary N) is 1. The molecule has 0 aromatic heterocycles. The molecule has 1 unspecified atom stereocenters. The van der Waals surface area contributed by atoms with Crippen molar-refractivity contribution in [1.82, 2.24) is 4.90 Å². The van der Waals surface area contributed by atoms with Gasteiger partial charge in [0.15, 0.2) is 0 Å². The first kappa shape index (κ1) is 16.7. The molecule has 0 aromatic carbocycles. The number of hydrogen-bond acceptors (Lipinski definition) is 2. The number of likely N-dealkylation sites (tertiary alicyclic amines) is 1. The summed E-state index contributed by atoms with van der Waals surface area (Å²) in [7, 11) is 0. The third-order valence-corrected chi connectivity index (χ3v) is 3.80. The lowest BCUT2D eigenvalue weighted by Gasteiger charge is -2.35. The van der Waals surface area contributed by atoms with Crippen LogP contribution < -0.4 is 5.73 Å². The Morgan fingerprint density at radius 2 is 1.65 bits per heavy atom. The minimum absolute atomic E-state index is 0. The van der Waals surface area contributed by atoms with Crippen molar-refractivity contribution in [2.45, 2.75) is 46.6 Å². The highest BCUT2D eigenvalue weighted by atomic mass is 35.5. The van der Waals surface area contributed by atoms with E-state index in [-0.39, 0.29) is 30.3 Å². The third kappa shape index (κ3) is 4.47. The number of halogens is 1. The Hall–Kier alpha value is -0.280. The van der Waals surface area contributed by atoms with Crippen LogP contribution in [0.1, 0.15) is 40.5 Å². The molecule has 17 heavy (non-hydrogen) atoms. The molecule has 1 aliphatic heterocycles. The van der Waals surface area contributed by atoms with Gasteiger partial charge >= 0.3 is 0 Å². The van der Waals surface area contributed by atoms with Crippen LogP contribution in [0.25, 0.3) is 0 Å². The fraction of sp³-hybridized carbons (Fsp3) is 0.923. The van der Waals surface area contributed by atoms with Crippen LogP contribution in [0.4, 0.5) is 0 Å². The number of carbonyl (C=O) groups is 1. The molecular weight excluding hydrogens is 236 g/mol. The van der Waals surface area contributed by atoms with Crippen LogP contribution in [0.3, 0.4) is 0 Å². The highest BCUT2D eigenvalue weighted by Crippen LogP contribution is 2.24. The summed E-state index contributed by atoms with van der Waals surface area (Å²) in [5.74, 6) is 1.88. The van der Waals surface area contributed by atoms with Crippen molar-refractivity contribution in [3.8, 4) is 0 Å². The van der Waals surface area contributed by atoms with Gasteiger partial charge in [-0.3, -0.25) is 4.79 Å². The lowest BCUT2D eigenvalue weighted by Crippen LogP contribution is -2.49. The maximum Gasteiger partial charge on any atom is 0.239 e. The van der Waals surface area contributed by atoms with Crippen LogP contribution in [-0.4, -0.2) is 29.9 Å². The molecule has 1 aliphatic rings. The number of nitrogens with zero attached hydrogens (tertiary/aromatic N) is 1. The molecule has 0 bridgehead atoms. The van der Waals surface area contributed by atoms with Crippen molar-refractivity contribution >= 4 is 18.3 Å². The molecule has 1 rings (SSSR count). The van der Waals surface area contributed by atoms with Gasteiger partial charge in [-0.25, -0.2) is 0 Å². The van der Waals surface area contributed by atoms with Gasteiger partial charge < -0.3 is 10.6 Å². The normalized spacial score (nSPS) is 19.4. The van der Waals surface area contributed by atoms with E-state index < -0.39 is 0 Å². The highest BCUT2D eigenvalue weighted by molar-refractivity contribution is 5.85. The largest absolute Gasteiger partial charge is 0.341 e. The summed E-state index contributed by atoms with van der Waals surface area (Å²) in [5.41, 5.74) is 5.89. The number of piperidine rings is 1. The molecule has 1 saturated heterocycles. The van der Waals surface area contributed by atoms with Crippen molar-refractivity contribution in [2.75, 3.05) is 13.1 Å². The second-order valence-corrected chi connectivity index (χ2v) is 5.68. The summed E-state index contributed by atoms with van der Waals surface area (Å²) in [6.07, 6.45) is 2.27. The average molecular weight is 263 g/mol. The van der Waals surface area contributed by atoms with Gasteiger partial charge in [0.25, 0.3) is 0 Å². The van der Waals surface area contributed by atoms with Gasteiger partial charge in [-0.2, -0.15) is 0 Å². The summed E-state index contributed by atoms with van der Waals surface area (Å²) < 4.78 is 0. The SMILES string of the molecule is CC(C)C1CCN(C(=O)C(N)C(C)C)CC1.Cl. The molecule has 2 N–H and O–H groups in total. The summed E-state index contributed by atoms with van der Waals surface area (Å²) in [4.78, 5) is 14.0.